The van der Waals surface area contributed by atoms with Crippen molar-refractivity contribution in [2.75, 3.05) is 18.0 Å². The zero-order valence-corrected chi connectivity index (χ0v) is 12.7. The number of H-pyrrole nitrogens is 1. The standard InChI is InChI=1S/C14H20N4OS/c1-10-6-11(2)8-17(7-10)13-15-16-14(20)18(13)9-12-4-3-5-19-12/h3-5,10-11H,6-9H2,1-2H3,(H,16,20). The summed E-state index contributed by atoms with van der Waals surface area (Å²) in [6, 6.07) is 3.85. The van der Waals surface area contributed by atoms with Crippen LogP contribution in [0.25, 0.3) is 0 Å². The summed E-state index contributed by atoms with van der Waals surface area (Å²) in [4.78, 5) is 2.33. The number of nitrogens with zero attached hydrogens (tertiary/aromatic N) is 3. The van der Waals surface area contributed by atoms with Crippen LogP contribution in [0.4, 0.5) is 5.95 Å². The van der Waals surface area contributed by atoms with Crippen molar-refractivity contribution in [2.24, 2.45) is 11.8 Å². The second-order valence-corrected chi connectivity index (χ2v) is 6.23. The molecule has 0 saturated carbocycles. The van der Waals surface area contributed by atoms with Crippen molar-refractivity contribution in [3.05, 3.63) is 28.9 Å². The van der Waals surface area contributed by atoms with E-state index in [4.69, 9.17) is 16.6 Å². The highest BCUT2D eigenvalue weighted by atomic mass is 32.1. The molecule has 1 fully saturated rings. The van der Waals surface area contributed by atoms with Crippen LogP contribution in [0, 0.1) is 16.6 Å². The fraction of sp³-hybridized carbons (Fsp3) is 0.571. The molecule has 2 atom stereocenters. The molecule has 2 aromatic rings. The van der Waals surface area contributed by atoms with Crippen LogP contribution in [0.1, 0.15) is 26.0 Å². The molecule has 0 bridgehead atoms. The first-order chi connectivity index (χ1) is 9.63. The van der Waals surface area contributed by atoms with Crippen molar-refractivity contribution < 1.29 is 4.42 Å². The van der Waals surface area contributed by atoms with Gasteiger partial charge in [-0.15, -0.1) is 5.10 Å². The van der Waals surface area contributed by atoms with Crippen LogP contribution >= 0.6 is 12.2 Å². The second kappa shape index (κ2) is 5.44. The Labute approximate surface area is 123 Å². The van der Waals surface area contributed by atoms with Crippen molar-refractivity contribution in [2.45, 2.75) is 26.8 Å². The van der Waals surface area contributed by atoms with E-state index in [1.807, 2.05) is 16.7 Å². The van der Waals surface area contributed by atoms with Gasteiger partial charge in [-0.1, -0.05) is 13.8 Å². The van der Waals surface area contributed by atoms with Crippen LogP contribution in [-0.2, 0) is 6.54 Å². The largest absolute Gasteiger partial charge is 0.467 e. The highest BCUT2D eigenvalue weighted by Crippen LogP contribution is 2.25. The molecule has 0 aromatic carbocycles. The van der Waals surface area contributed by atoms with E-state index in [2.05, 4.69) is 28.9 Å². The Morgan fingerprint density at radius 2 is 2.15 bits per heavy atom. The molecule has 1 N–H and O–H groups in total. The first-order valence-corrected chi connectivity index (χ1v) is 7.47. The lowest BCUT2D eigenvalue weighted by Crippen LogP contribution is -2.40. The fourth-order valence-corrected chi connectivity index (χ4v) is 3.27. The number of rotatable bonds is 3. The lowest BCUT2D eigenvalue weighted by atomic mass is 9.92. The maximum absolute atomic E-state index is 5.42. The van der Waals surface area contributed by atoms with Crippen LogP contribution < -0.4 is 4.90 Å². The molecule has 3 heterocycles. The monoisotopic (exact) mass is 292 g/mol. The number of aromatic nitrogens is 3. The summed E-state index contributed by atoms with van der Waals surface area (Å²) < 4.78 is 8.07. The normalized spacial score (nSPS) is 23.2. The molecule has 1 saturated heterocycles. The van der Waals surface area contributed by atoms with E-state index in [0.717, 1.165) is 24.8 Å². The lowest BCUT2D eigenvalue weighted by molar-refractivity contribution is 0.351. The predicted molar refractivity (Wildman–Crippen MR) is 80.4 cm³/mol. The fourth-order valence-electron chi connectivity index (χ4n) is 3.08. The van der Waals surface area contributed by atoms with Crippen molar-refractivity contribution in [1.29, 1.82) is 0 Å². The van der Waals surface area contributed by atoms with Gasteiger partial charge in [0.1, 0.15) is 5.76 Å². The van der Waals surface area contributed by atoms with E-state index >= 15 is 0 Å². The van der Waals surface area contributed by atoms with Gasteiger partial charge in [0.2, 0.25) is 5.95 Å². The maximum atomic E-state index is 5.42. The molecular formula is C14H20N4OS. The number of hydrogen-bond acceptors (Lipinski definition) is 4. The summed E-state index contributed by atoms with van der Waals surface area (Å²) in [5.41, 5.74) is 0. The molecule has 0 radical (unpaired) electrons. The minimum Gasteiger partial charge on any atom is -0.467 e. The molecule has 0 aliphatic carbocycles. The molecule has 0 amide bonds. The molecule has 20 heavy (non-hydrogen) atoms. The van der Waals surface area contributed by atoms with Crippen molar-refractivity contribution in [3.8, 4) is 0 Å². The Balaban J connectivity index is 1.88. The van der Waals surface area contributed by atoms with Gasteiger partial charge in [0.15, 0.2) is 4.77 Å². The molecule has 6 heteroatoms. The van der Waals surface area contributed by atoms with E-state index in [9.17, 15) is 0 Å². The van der Waals surface area contributed by atoms with Crippen LogP contribution in [0.2, 0.25) is 0 Å². The number of anilines is 1. The van der Waals surface area contributed by atoms with Crippen molar-refractivity contribution >= 4 is 18.2 Å². The maximum Gasteiger partial charge on any atom is 0.226 e. The minimum absolute atomic E-state index is 0.622. The van der Waals surface area contributed by atoms with Gasteiger partial charge in [0, 0.05) is 13.1 Å². The van der Waals surface area contributed by atoms with Gasteiger partial charge in [-0.2, -0.15) is 0 Å². The first kappa shape index (κ1) is 13.4. The van der Waals surface area contributed by atoms with Gasteiger partial charge in [-0.25, -0.2) is 5.10 Å². The van der Waals surface area contributed by atoms with Crippen LogP contribution in [0.15, 0.2) is 22.8 Å². The summed E-state index contributed by atoms with van der Waals surface area (Å²) in [6.45, 7) is 7.27. The van der Waals surface area contributed by atoms with Gasteiger partial charge in [-0.3, -0.25) is 4.57 Å². The van der Waals surface area contributed by atoms with Crippen molar-refractivity contribution in [3.63, 3.8) is 0 Å². The average molecular weight is 292 g/mol. The summed E-state index contributed by atoms with van der Waals surface area (Å²) in [7, 11) is 0. The van der Waals surface area contributed by atoms with E-state index in [1.165, 1.54) is 6.42 Å². The van der Waals surface area contributed by atoms with E-state index in [-0.39, 0.29) is 0 Å². The van der Waals surface area contributed by atoms with Crippen LogP contribution in [-0.4, -0.2) is 27.9 Å². The lowest BCUT2D eigenvalue weighted by Gasteiger charge is -2.35. The molecule has 108 valence electrons. The highest BCUT2D eigenvalue weighted by Gasteiger charge is 2.25. The van der Waals surface area contributed by atoms with Gasteiger partial charge in [0.25, 0.3) is 0 Å². The Kier molecular flexibility index (Phi) is 3.65. The Morgan fingerprint density at radius 1 is 1.40 bits per heavy atom. The number of nitrogens with one attached hydrogen (secondary N) is 1. The quantitative estimate of drug-likeness (QED) is 0.883. The number of aromatic amines is 1. The third-order valence-corrected chi connectivity index (χ3v) is 4.10. The van der Waals surface area contributed by atoms with Gasteiger partial charge in [0.05, 0.1) is 12.8 Å². The average Bonchev–Trinajstić information content (AvgIpc) is 3.00. The van der Waals surface area contributed by atoms with Gasteiger partial charge < -0.3 is 9.32 Å². The van der Waals surface area contributed by atoms with Gasteiger partial charge >= 0.3 is 0 Å². The van der Waals surface area contributed by atoms with Crippen LogP contribution in [0.3, 0.4) is 0 Å². The SMILES string of the molecule is CC1CC(C)CN(c2n[nH]c(=S)n2Cc2ccco2)C1. The summed E-state index contributed by atoms with van der Waals surface area (Å²) >= 11 is 5.35. The molecule has 1 aliphatic rings. The first-order valence-electron chi connectivity index (χ1n) is 7.06. The van der Waals surface area contributed by atoms with E-state index in [1.54, 1.807) is 6.26 Å². The summed E-state index contributed by atoms with van der Waals surface area (Å²) in [5.74, 6) is 3.17. The number of furan rings is 1. The smallest absolute Gasteiger partial charge is 0.226 e. The number of hydrogen-bond donors (Lipinski definition) is 1. The Hall–Kier alpha value is -1.56. The van der Waals surface area contributed by atoms with Gasteiger partial charge in [-0.05, 0) is 42.6 Å². The topological polar surface area (TPSA) is 50.0 Å². The van der Waals surface area contributed by atoms with Crippen molar-refractivity contribution in [1.82, 2.24) is 14.8 Å². The van der Waals surface area contributed by atoms with Crippen LogP contribution in [0.5, 0.6) is 0 Å². The predicted octanol–water partition coefficient (Wildman–Crippen LogP) is 3.06. The molecule has 2 unspecified atom stereocenters. The minimum atomic E-state index is 0.622. The third-order valence-electron chi connectivity index (χ3n) is 3.78. The summed E-state index contributed by atoms with van der Waals surface area (Å²) in [5, 5.41) is 7.33. The molecule has 0 spiro atoms. The molecular weight excluding hydrogens is 272 g/mol. The summed E-state index contributed by atoms with van der Waals surface area (Å²) in [6.07, 6.45) is 2.96. The number of piperidine rings is 1. The zero-order valence-electron chi connectivity index (χ0n) is 11.9. The highest BCUT2D eigenvalue weighted by molar-refractivity contribution is 7.71. The van der Waals surface area contributed by atoms with E-state index < -0.39 is 0 Å². The Bertz CT molecular complexity index is 605. The molecule has 3 rings (SSSR count). The Morgan fingerprint density at radius 3 is 2.80 bits per heavy atom. The third kappa shape index (κ3) is 2.65. The van der Waals surface area contributed by atoms with E-state index in [0.29, 0.717) is 23.2 Å². The molecule has 1 aliphatic heterocycles. The molecule has 2 aromatic heterocycles. The molecule has 5 nitrogen and oxygen atoms in total. The second-order valence-electron chi connectivity index (χ2n) is 5.85. The zero-order chi connectivity index (χ0) is 14.1.